The highest BCUT2D eigenvalue weighted by atomic mass is 16.5. The van der Waals surface area contributed by atoms with Crippen LogP contribution in [0.3, 0.4) is 0 Å². The monoisotopic (exact) mass is 414 g/mol. The van der Waals surface area contributed by atoms with Crippen molar-refractivity contribution in [1.29, 1.82) is 0 Å². The van der Waals surface area contributed by atoms with E-state index in [1.165, 1.54) is 31.4 Å². The Hall–Kier alpha value is -1.82. The van der Waals surface area contributed by atoms with Gasteiger partial charge in [0.25, 0.3) is 0 Å². The molecule has 6 heteroatoms. The number of nitrogens with zero attached hydrogens (tertiary/aromatic N) is 3. The molecule has 1 aromatic heterocycles. The summed E-state index contributed by atoms with van der Waals surface area (Å²) in [7, 11) is 0. The number of rotatable bonds is 8. The molecule has 1 saturated carbocycles. The lowest BCUT2D eigenvalue weighted by molar-refractivity contribution is -0.122. The summed E-state index contributed by atoms with van der Waals surface area (Å²) in [5, 5.41) is 3.25. The fraction of sp³-hybridized carbons (Fsp3) is 0.750. The molecule has 4 rings (SSSR count). The maximum atomic E-state index is 11.9. The van der Waals surface area contributed by atoms with E-state index in [9.17, 15) is 4.79 Å². The summed E-state index contributed by atoms with van der Waals surface area (Å²) in [4.78, 5) is 21.6. The van der Waals surface area contributed by atoms with Crippen molar-refractivity contribution >= 4 is 11.7 Å². The van der Waals surface area contributed by atoms with E-state index in [0.717, 1.165) is 82.4 Å². The van der Waals surface area contributed by atoms with Crippen molar-refractivity contribution < 1.29 is 9.53 Å². The van der Waals surface area contributed by atoms with E-state index in [4.69, 9.17) is 4.74 Å². The highest BCUT2D eigenvalue weighted by molar-refractivity contribution is 5.76. The summed E-state index contributed by atoms with van der Waals surface area (Å²) in [6, 6.07) is 2.50. The van der Waals surface area contributed by atoms with Gasteiger partial charge in [-0.3, -0.25) is 9.69 Å². The molecule has 0 spiro atoms. The molecule has 0 bridgehead atoms. The van der Waals surface area contributed by atoms with Crippen molar-refractivity contribution in [2.75, 3.05) is 44.2 Å². The van der Waals surface area contributed by atoms with E-state index in [0.29, 0.717) is 12.5 Å². The molecule has 0 aromatic carbocycles. The van der Waals surface area contributed by atoms with Crippen LogP contribution in [0.15, 0.2) is 12.3 Å². The zero-order chi connectivity index (χ0) is 20.8. The molecule has 3 heterocycles. The predicted octanol–water partition coefficient (Wildman–Crippen LogP) is 3.39. The second kappa shape index (κ2) is 10.5. The highest BCUT2D eigenvalue weighted by Gasteiger charge is 2.26. The molecule has 1 aliphatic carbocycles. The van der Waals surface area contributed by atoms with Crippen molar-refractivity contribution in [3.05, 3.63) is 17.8 Å². The maximum absolute atomic E-state index is 11.9. The molecular weight excluding hydrogens is 376 g/mol. The van der Waals surface area contributed by atoms with Crippen LogP contribution in [-0.4, -0.2) is 61.2 Å². The molecule has 0 unspecified atom stereocenters. The number of ether oxygens (including phenoxy) is 1. The van der Waals surface area contributed by atoms with Crippen LogP contribution in [0.25, 0.3) is 0 Å². The third kappa shape index (κ3) is 5.45. The Morgan fingerprint density at radius 1 is 1.20 bits per heavy atom. The Bertz CT molecular complexity index is 694. The Kier molecular flexibility index (Phi) is 7.47. The SMILES string of the molecule is CCCCC(=O)N[C@H]1CC[C@H](CCN2CCN(c3nccc4c3OCC4)CC2)CC1. The van der Waals surface area contributed by atoms with Crippen LogP contribution in [0, 0.1) is 5.92 Å². The van der Waals surface area contributed by atoms with Crippen LogP contribution in [0.1, 0.15) is 63.9 Å². The lowest BCUT2D eigenvalue weighted by Crippen LogP contribution is -2.47. The highest BCUT2D eigenvalue weighted by Crippen LogP contribution is 2.34. The van der Waals surface area contributed by atoms with Gasteiger partial charge in [-0.15, -0.1) is 0 Å². The van der Waals surface area contributed by atoms with Crippen molar-refractivity contribution in [2.45, 2.75) is 70.8 Å². The van der Waals surface area contributed by atoms with E-state index in [-0.39, 0.29) is 5.91 Å². The van der Waals surface area contributed by atoms with Gasteiger partial charge in [0.15, 0.2) is 11.6 Å². The largest absolute Gasteiger partial charge is 0.489 e. The first kappa shape index (κ1) is 21.4. The first-order valence-corrected chi connectivity index (χ1v) is 12.1. The average Bonchev–Trinajstić information content (AvgIpc) is 3.27. The smallest absolute Gasteiger partial charge is 0.220 e. The molecule has 30 heavy (non-hydrogen) atoms. The van der Waals surface area contributed by atoms with Crippen LogP contribution in [0.2, 0.25) is 0 Å². The molecule has 3 aliphatic rings. The van der Waals surface area contributed by atoms with Crippen LogP contribution in [0.4, 0.5) is 5.82 Å². The first-order chi connectivity index (χ1) is 14.7. The topological polar surface area (TPSA) is 57.7 Å². The molecule has 6 nitrogen and oxygen atoms in total. The molecule has 0 radical (unpaired) electrons. The van der Waals surface area contributed by atoms with E-state index in [2.05, 4.69) is 33.1 Å². The Morgan fingerprint density at radius 3 is 2.77 bits per heavy atom. The summed E-state index contributed by atoms with van der Waals surface area (Å²) >= 11 is 0. The fourth-order valence-corrected chi connectivity index (χ4v) is 5.10. The number of carbonyl (C=O) groups is 1. The normalized spacial score (nSPS) is 24.4. The van der Waals surface area contributed by atoms with Crippen LogP contribution >= 0.6 is 0 Å². The average molecular weight is 415 g/mol. The Labute approximate surface area is 181 Å². The number of carbonyl (C=O) groups excluding carboxylic acids is 1. The minimum atomic E-state index is 0.252. The third-order valence-electron chi connectivity index (χ3n) is 7.08. The van der Waals surface area contributed by atoms with Gasteiger partial charge in [-0.1, -0.05) is 13.3 Å². The van der Waals surface area contributed by atoms with E-state index in [1.807, 2.05) is 6.20 Å². The van der Waals surface area contributed by atoms with E-state index >= 15 is 0 Å². The standard InChI is InChI=1S/C24H38N4O2/c1-2-3-4-22(29)26-21-7-5-19(6-8-21)10-13-27-14-16-28(17-15-27)24-23-20(9-12-25-24)11-18-30-23/h9,12,19,21H,2-8,10-11,13-18H2,1H3,(H,26,29)/t19-,21-. The number of aromatic nitrogens is 1. The number of hydrogen-bond acceptors (Lipinski definition) is 5. The lowest BCUT2D eigenvalue weighted by atomic mass is 9.84. The van der Waals surface area contributed by atoms with Crippen LogP contribution < -0.4 is 15.0 Å². The summed E-state index contributed by atoms with van der Waals surface area (Å²) in [5.41, 5.74) is 1.31. The minimum absolute atomic E-state index is 0.252. The van der Waals surface area contributed by atoms with Crippen molar-refractivity contribution in [1.82, 2.24) is 15.2 Å². The quantitative estimate of drug-likeness (QED) is 0.707. The summed E-state index contributed by atoms with van der Waals surface area (Å²) in [5.74, 6) is 3.13. The molecule has 0 atom stereocenters. The number of pyridine rings is 1. The van der Waals surface area contributed by atoms with Gasteiger partial charge in [-0.25, -0.2) is 4.98 Å². The molecule has 1 N–H and O–H groups in total. The number of fused-ring (bicyclic) bond motifs is 1. The number of amides is 1. The number of nitrogens with one attached hydrogen (secondary N) is 1. The number of anilines is 1. The second-order valence-electron chi connectivity index (χ2n) is 9.23. The fourth-order valence-electron chi connectivity index (χ4n) is 5.10. The minimum Gasteiger partial charge on any atom is -0.489 e. The van der Waals surface area contributed by atoms with Crippen molar-refractivity contribution in [2.24, 2.45) is 5.92 Å². The molecule has 1 amide bonds. The lowest BCUT2D eigenvalue weighted by Gasteiger charge is -2.37. The van der Waals surface area contributed by atoms with Gasteiger partial charge in [0, 0.05) is 56.8 Å². The molecule has 166 valence electrons. The zero-order valence-electron chi connectivity index (χ0n) is 18.6. The Balaban J connectivity index is 1.14. The second-order valence-corrected chi connectivity index (χ2v) is 9.23. The molecule has 1 aromatic rings. The van der Waals surface area contributed by atoms with Gasteiger partial charge in [0.2, 0.25) is 5.91 Å². The van der Waals surface area contributed by atoms with Crippen LogP contribution in [0.5, 0.6) is 5.75 Å². The summed E-state index contributed by atoms with van der Waals surface area (Å²) in [6.07, 6.45) is 11.8. The summed E-state index contributed by atoms with van der Waals surface area (Å²) < 4.78 is 5.84. The molecular formula is C24H38N4O2. The van der Waals surface area contributed by atoms with Gasteiger partial charge < -0.3 is 15.0 Å². The number of hydrogen-bond donors (Lipinski definition) is 1. The van der Waals surface area contributed by atoms with Gasteiger partial charge in [0.1, 0.15) is 0 Å². The van der Waals surface area contributed by atoms with Crippen molar-refractivity contribution in [3.63, 3.8) is 0 Å². The van der Waals surface area contributed by atoms with Gasteiger partial charge in [-0.2, -0.15) is 0 Å². The molecule has 2 aliphatic heterocycles. The predicted molar refractivity (Wildman–Crippen MR) is 120 cm³/mol. The van der Waals surface area contributed by atoms with Gasteiger partial charge in [0.05, 0.1) is 6.61 Å². The first-order valence-electron chi connectivity index (χ1n) is 12.1. The zero-order valence-corrected chi connectivity index (χ0v) is 18.6. The van der Waals surface area contributed by atoms with Gasteiger partial charge in [-0.05, 0) is 57.1 Å². The van der Waals surface area contributed by atoms with Crippen molar-refractivity contribution in [3.8, 4) is 5.75 Å². The van der Waals surface area contributed by atoms with Crippen LogP contribution in [-0.2, 0) is 11.2 Å². The summed E-state index contributed by atoms with van der Waals surface area (Å²) in [6.45, 7) is 8.40. The number of unbranched alkanes of at least 4 members (excludes halogenated alkanes) is 1. The third-order valence-corrected chi connectivity index (χ3v) is 7.08. The molecule has 2 fully saturated rings. The van der Waals surface area contributed by atoms with Gasteiger partial charge >= 0.3 is 0 Å². The van der Waals surface area contributed by atoms with E-state index < -0.39 is 0 Å². The maximum Gasteiger partial charge on any atom is 0.220 e. The Morgan fingerprint density at radius 2 is 2.00 bits per heavy atom. The number of piperazine rings is 1. The molecule has 1 saturated heterocycles. The van der Waals surface area contributed by atoms with E-state index in [1.54, 1.807) is 0 Å².